The van der Waals surface area contributed by atoms with E-state index >= 15 is 0 Å². The van der Waals surface area contributed by atoms with E-state index < -0.39 is 5.97 Å². The fraction of sp³-hybridized carbons (Fsp3) is 0.308. The number of thioether (sulfide) groups is 1. The summed E-state index contributed by atoms with van der Waals surface area (Å²) in [5.41, 5.74) is 1.72. The number of aliphatic hydroxyl groups is 1. The third kappa shape index (κ3) is 3.34. The molecule has 0 radical (unpaired) electrons. The standard InChI is InChI=1S/C13H16N4O3S/c1-16(2)9-5-3-4-6-10(9)17-11(7-18)14-15-13(17)21-8-12(19)20/h3-6,18H,7-8H2,1-2H3,(H,19,20). The van der Waals surface area contributed by atoms with Crippen molar-refractivity contribution in [1.82, 2.24) is 14.8 Å². The first kappa shape index (κ1) is 15.3. The Morgan fingerprint density at radius 2 is 2.05 bits per heavy atom. The summed E-state index contributed by atoms with van der Waals surface area (Å²) in [6, 6.07) is 7.59. The van der Waals surface area contributed by atoms with Crippen LogP contribution in [0.25, 0.3) is 5.69 Å². The fourth-order valence-electron chi connectivity index (χ4n) is 1.90. The first-order chi connectivity index (χ1) is 10.0. The first-order valence-electron chi connectivity index (χ1n) is 6.21. The molecule has 1 aromatic heterocycles. The van der Waals surface area contributed by atoms with Crippen molar-refractivity contribution in [2.75, 3.05) is 24.7 Å². The van der Waals surface area contributed by atoms with Gasteiger partial charge in [0.15, 0.2) is 11.0 Å². The minimum Gasteiger partial charge on any atom is -0.481 e. The molecule has 1 aromatic carbocycles. The normalized spacial score (nSPS) is 10.6. The van der Waals surface area contributed by atoms with Gasteiger partial charge in [-0.15, -0.1) is 10.2 Å². The number of anilines is 1. The molecule has 0 spiro atoms. The number of rotatable bonds is 6. The lowest BCUT2D eigenvalue weighted by molar-refractivity contribution is -0.133. The second-order valence-corrected chi connectivity index (χ2v) is 5.40. The van der Waals surface area contributed by atoms with Gasteiger partial charge in [0, 0.05) is 14.1 Å². The highest BCUT2D eigenvalue weighted by Gasteiger charge is 2.17. The second kappa shape index (κ2) is 6.59. The smallest absolute Gasteiger partial charge is 0.313 e. The number of hydrogen-bond donors (Lipinski definition) is 2. The van der Waals surface area contributed by atoms with Crippen LogP contribution in [-0.4, -0.2) is 50.8 Å². The summed E-state index contributed by atoms with van der Waals surface area (Å²) in [5.74, 6) is -0.675. The summed E-state index contributed by atoms with van der Waals surface area (Å²) in [4.78, 5) is 12.7. The molecule has 2 N–H and O–H groups in total. The predicted octanol–water partition coefficient (Wildman–Crippen LogP) is 1.00. The van der Waals surface area contributed by atoms with Crippen molar-refractivity contribution in [2.45, 2.75) is 11.8 Å². The summed E-state index contributed by atoms with van der Waals surface area (Å²) in [7, 11) is 3.82. The van der Waals surface area contributed by atoms with Gasteiger partial charge in [-0.3, -0.25) is 9.36 Å². The van der Waals surface area contributed by atoms with Gasteiger partial charge in [-0.2, -0.15) is 0 Å². The number of aromatic nitrogens is 3. The molecular weight excluding hydrogens is 292 g/mol. The number of para-hydroxylation sites is 2. The number of carboxylic acids is 1. The van der Waals surface area contributed by atoms with Gasteiger partial charge in [-0.25, -0.2) is 0 Å². The first-order valence-corrected chi connectivity index (χ1v) is 7.19. The maximum atomic E-state index is 10.7. The summed E-state index contributed by atoms with van der Waals surface area (Å²) in [6.07, 6.45) is 0. The van der Waals surface area contributed by atoms with Crippen LogP contribution in [0.5, 0.6) is 0 Å². The van der Waals surface area contributed by atoms with Crippen molar-refractivity contribution in [3.63, 3.8) is 0 Å². The van der Waals surface area contributed by atoms with E-state index in [4.69, 9.17) is 5.11 Å². The Labute approximate surface area is 126 Å². The van der Waals surface area contributed by atoms with E-state index in [1.165, 1.54) is 0 Å². The number of aliphatic carboxylic acids is 1. The minimum atomic E-state index is -0.930. The molecule has 0 saturated heterocycles. The third-order valence-electron chi connectivity index (χ3n) is 2.77. The fourth-order valence-corrected chi connectivity index (χ4v) is 2.58. The number of carboxylic acid groups (broad SMARTS) is 1. The molecule has 0 aliphatic heterocycles. The molecular formula is C13H16N4O3S. The zero-order valence-corrected chi connectivity index (χ0v) is 12.5. The lowest BCUT2D eigenvalue weighted by Gasteiger charge is -2.19. The van der Waals surface area contributed by atoms with Crippen molar-refractivity contribution in [3.05, 3.63) is 30.1 Å². The van der Waals surface area contributed by atoms with Gasteiger partial charge in [0.2, 0.25) is 0 Å². The van der Waals surface area contributed by atoms with Crippen LogP contribution in [0.15, 0.2) is 29.4 Å². The number of carbonyl (C=O) groups is 1. The van der Waals surface area contributed by atoms with E-state index in [0.717, 1.165) is 23.1 Å². The second-order valence-electron chi connectivity index (χ2n) is 4.46. The molecule has 2 rings (SSSR count). The summed E-state index contributed by atoms with van der Waals surface area (Å²) < 4.78 is 1.68. The van der Waals surface area contributed by atoms with Crippen LogP contribution in [-0.2, 0) is 11.4 Å². The quantitative estimate of drug-likeness (QED) is 0.769. The monoisotopic (exact) mass is 308 g/mol. The maximum absolute atomic E-state index is 10.7. The van der Waals surface area contributed by atoms with Crippen molar-refractivity contribution in [3.8, 4) is 5.69 Å². The van der Waals surface area contributed by atoms with Gasteiger partial charge >= 0.3 is 5.97 Å². The lowest BCUT2D eigenvalue weighted by Crippen LogP contribution is -2.14. The molecule has 0 fully saturated rings. The van der Waals surface area contributed by atoms with E-state index in [9.17, 15) is 9.90 Å². The molecule has 0 aliphatic rings. The van der Waals surface area contributed by atoms with Crippen molar-refractivity contribution in [2.24, 2.45) is 0 Å². The van der Waals surface area contributed by atoms with E-state index in [0.29, 0.717) is 11.0 Å². The summed E-state index contributed by atoms with van der Waals surface area (Å²) in [5, 5.41) is 26.6. The van der Waals surface area contributed by atoms with Crippen LogP contribution < -0.4 is 4.90 Å². The molecule has 1 heterocycles. The lowest BCUT2D eigenvalue weighted by atomic mass is 10.2. The van der Waals surface area contributed by atoms with Crippen LogP contribution >= 0.6 is 11.8 Å². The molecule has 112 valence electrons. The van der Waals surface area contributed by atoms with Crippen LogP contribution in [0.2, 0.25) is 0 Å². The molecule has 8 heteroatoms. The van der Waals surface area contributed by atoms with Crippen molar-refractivity contribution >= 4 is 23.4 Å². The van der Waals surface area contributed by atoms with E-state index in [-0.39, 0.29) is 12.4 Å². The SMILES string of the molecule is CN(C)c1ccccc1-n1c(CO)nnc1SCC(=O)O. The highest BCUT2D eigenvalue weighted by atomic mass is 32.2. The average molecular weight is 308 g/mol. The predicted molar refractivity (Wildman–Crippen MR) is 80.0 cm³/mol. The Bertz CT molecular complexity index is 642. The molecule has 7 nitrogen and oxygen atoms in total. The zero-order valence-electron chi connectivity index (χ0n) is 11.7. The Hall–Kier alpha value is -2.06. The summed E-state index contributed by atoms with van der Waals surface area (Å²) >= 11 is 1.07. The molecule has 21 heavy (non-hydrogen) atoms. The highest BCUT2D eigenvalue weighted by Crippen LogP contribution is 2.28. The van der Waals surface area contributed by atoms with E-state index in [1.807, 2.05) is 43.3 Å². The van der Waals surface area contributed by atoms with Gasteiger partial charge < -0.3 is 15.1 Å². The summed E-state index contributed by atoms with van der Waals surface area (Å²) in [6.45, 7) is -0.275. The molecule has 0 amide bonds. The molecule has 0 saturated carbocycles. The Morgan fingerprint density at radius 3 is 2.67 bits per heavy atom. The third-order valence-corrected chi connectivity index (χ3v) is 3.68. The molecule has 0 aliphatic carbocycles. The maximum Gasteiger partial charge on any atom is 0.313 e. The van der Waals surface area contributed by atoms with Crippen LogP contribution in [0.1, 0.15) is 5.82 Å². The van der Waals surface area contributed by atoms with E-state index in [2.05, 4.69) is 10.2 Å². The Morgan fingerprint density at radius 1 is 1.33 bits per heavy atom. The van der Waals surface area contributed by atoms with Gasteiger partial charge in [-0.1, -0.05) is 23.9 Å². The van der Waals surface area contributed by atoms with Gasteiger partial charge in [-0.05, 0) is 12.1 Å². The number of benzene rings is 1. The Balaban J connectivity index is 2.51. The van der Waals surface area contributed by atoms with E-state index in [1.54, 1.807) is 4.57 Å². The number of aliphatic hydroxyl groups excluding tert-OH is 1. The van der Waals surface area contributed by atoms with Crippen molar-refractivity contribution in [1.29, 1.82) is 0 Å². The topological polar surface area (TPSA) is 91.5 Å². The van der Waals surface area contributed by atoms with Crippen LogP contribution in [0.4, 0.5) is 5.69 Å². The number of nitrogens with zero attached hydrogens (tertiary/aromatic N) is 4. The largest absolute Gasteiger partial charge is 0.481 e. The van der Waals surface area contributed by atoms with Crippen LogP contribution in [0.3, 0.4) is 0 Å². The van der Waals surface area contributed by atoms with Gasteiger partial charge in [0.05, 0.1) is 17.1 Å². The minimum absolute atomic E-state index is 0.117. The molecule has 0 bridgehead atoms. The van der Waals surface area contributed by atoms with Gasteiger partial charge in [0.25, 0.3) is 0 Å². The molecule has 0 unspecified atom stereocenters. The van der Waals surface area contributed by atoms with Crippen LogP contribution in [0, 0.1) is 0 Å². The molecule has 0 atom stereocenters. The van der Waals surface area contributed by atoms with Gasteiger partial charge in [0.1, 0.15) is 6.61 Å². The highest BCUT2D eigenvalue weighted by molar-refractivity contribution is 7.99. The zero-order chi connectivity index (χ0) is 15.4. The Kier molecular flexibility index (Phi) is 4.81. The molecule has 2 aromatic rings. The van der Waals surface area contributed by atoms with Crippen molar-refractivity contribution < 1.29 is 15.0 Å². The number of hydrogen-bond acceptors (Lipinski definition) is 6. The average Bonchev–Trinajstić information content (AvgIpc) is 2.87.